The first-order valence-corrected chi connectivity index (χ1v) is 19.2. The maximum absolute atomic E-state index is 13.5. The van der Waals surface area contributed by atoms with Gasteiger partial charge in [0, 0.05) is 64.9 Å². The predicted octanol–water partition coefficient (Wildman–Crippen LogP) is 2.68. The summed E-state index contributed by atoms with van der Waals surface area (Å²) >= 11 is 0. The topological polar surface area (TPSA) is 145 Å². The molecule has 2 saturated heterocycles. The third-order valence-electron chi connectivity index (χ3n) is 11.2. The number of likely N-dealkylation sites (tertiary alicyclic amines) is 1. The second kappa shape index (κ2) is 18.6. The molecule has 4 N–H and O–H groups in total. The Morgan fingerprint density at radius 1 is 1.12 bits per heavy atom. The largest absolute Gasteiger partial charge is 0.485 e. The van der Waals surface area contributed by atoms with E-state index in [1.54, 1.807) is 13.3 Å². The number of nitrogens with zero attached hydrogens (tertiary/aromatic N) is 4. The van der Waals surface area contributed by atoms with E-state index in [1.807, 2.05) is 11.0 Å². The van der Waals surface area contributed by atoms with E-state index in [2.05, 4.69) is 43.7 Å². The van der Waals surface area contributed by atoms with Gasteiger partial charge < -0.3 is 29.2 Å². The van der Waals surface area contributed by atoms with Crippen LogP contribution in [0.3, 0.4) is 0 Å². The number of hydrogen-bond donors (Lipinski definition) is 4. The predicted molar refractivity (Wildman–Crippen MR) is 193 cm³/mol. The molecule has 51 heavy (non-hydrogen) atoms. The van der Waals surface area contributed by atoms with Crippen LogP contribution in [-0.4, -0.2) is 120 Å². The Morgan fingerprint density at radius 2 is 1.88 bits per heavy atom. The normalized spacial score (nSPS) is 23.6. The van der Waals surface area contributed by atoms with E-state index in [0.717, 1.165) is 30.8 Å². The number of nitrogens with one attached hydrogen (secondary N) is 3. The van der Waals surface area contributed by atoms with Gasteiger partial charge in [-0.15, -0.1) is 0 Å². The molecule has 1 aromatic carbocycles. The highest BCUT2D eigenvalue weighted by atomic mass is 16.5. The molecule has 13 heteroatoms. The first-order chi connectivity index (χ1) is 24.9. The summed E-state index contributed by atoms with van der Waals surface area (Å²) in [5.74, 6) is 1.48. The second-order valence-electron chi connectivity index (χ2n) is 14.9. The number of carbonyl (C=O) groups is 2. The molecule has 2 unspecified atom stereocenters. The third-order valence-corrected chi connectivity index (χ3v) is 11.2. The minimum atomic E-state index is -0.677. The number of benzene rings is 1. The van der Waals surface area contributed by atoms with Crippen LogP contribution in [0.4, 0.5) is 0 Å². The molecule has 3 aliphatic heterocycles. The minimum absolute atomic E-state index is 0.0173. The molecule has 3 atom stereocenters. The summed E-state index contributed by atoms with van der Waals surface area (Å²) in [6, 6.07) is 4.41. The maximum Gasteiger partial charge on any atom is 0.248 e. The number of rotatable bonds is 13. The molecule has 1 saturated carbocycles. The molecule has 1 aliphatic carbocycles. The van der Waals surface area contributed by atoms with E-state index < -0.39 is 6.10 Å². The highest BCUT2D eigenvalue weighted by Crippen LogP contribution is 2.30. The van der Waals surface area contributed by atoms with Gasteiger partial charge in [-0.25, -0.2) is 4.98 Å². The van der Waals surface area contributed by atoms with Crippen molar-refractivity contribution in [1.29, 1.82) is 0 Å². The quantitative estimate of drug-likeness (QED) is 0.244. The van der Waals surface area contributed by atoms with Crippen molar-refractivity contribution in [2.45, 2.75) is 121 Å². The Kier molecular flexibility index (Phi) is 13.8. The summed E-state index contributed by atoms with van der Waals surface area (Å²) < 4.78 is 16.3. The Morgan fingerprint density at radius 3 is 2.61 bits per heavy atom. The van der Waals surface area contributed by atoms with Crippen molar-refractivity contribution in [3.8, 4) is 5.75 Å². The van der Waals surface area contributed by atoms with Crippen LogP contribution >= 0.6 is 0 Å². The molecular weight excluding hydrogens is 650 g/mol. The average Bonchev–Trinajstić information content (AvgIpc) is 3.64. The summed E-state index contributed by atoms with van der Waals surface area (Å²) in [6.45, 7) is 6.77. The van der Waals surface area contributed by atoms with Gasteiger partial charge in [0.15, 0.2) is 12.2 Å². The molecule has 2 amide bonds. The van der Waals surface area contributed by atoms with Gasteiger partial charge in [-0.2, -0.15) is 0 Å². The highest BCUT2D eigenvalue weighted by molar-refractivity contribution is 5.82. The summed E-state index contributed by atoms with van der Waals surface area (Å²) in [4.78, 5) is 36.4. The van der Waals surface area contributed by atoms with Gasteiger partial charge in [-0.1, -0.05) is 51.0 Å². The molecule has 0 spiro atoms. The highest BCUT2D eigenvalue weighted by Gasteiger charge is 2.39. The number of aliphatic hydroxyl groups excluding tert-OH is 1. The second-order valence-corrected chi connectivity index (χ2v) is 14.9. The zero-order chi connectivity index (χ0) is 35.6. The molecule has 0 bridgehead atoms. The minimum Gasteiger partial charge on any atom is -0.485 e. The Hall–Kier alpha value is -3.07. The van der Waals surface area contributed by atoms with Crippen molar-refractivity contribution < 1.29 is 28.6 Å². The number of ether oxygens (including phenoxy) is 2. The van der Waals surface area contributed by atoms with E-state index in [-0.39, 0.29) is 43.2 Å². The van der Waals surface area contributed by atoms with Crippen LogP contribution in [0.1, 0.15) is 86.7 Å². The number of fused-ring (bicyclic) bond motifs is 1. The maximum atomic E-state index is 13.5. The van der Waals surface area contributed by atoms with Crippen molar-refractivity contribution in [1.82, 2.24) is 35.6 Å². The zero-order valence-electron chi connectivity index (χ0n) is 30.6. The van der Waals surface area contributed by atoms with Gasteiger partial charge >= 0.3 is 0 Å². The molecule has 1 aromatic heterocycles. The molecular formula is C38H59N7O6. The lowest BCUT2D eigenvalue weighted by atomic mass is 9.94. The summed E-state index contributed by atoms with van der Waals surface area (Å²) in [6.07, 6.45) is 15.3. The standard InChI is InChI=1S/C38H59N7O6/c1-27-33-14-15-43(19-28(33)12-13-35(27)50-23-32-18-39-26-51-32)22-31(46)17-40-38(48)34-16-36(42-29-20-44(21-29)37(47)24-49-2)45(25-41-34)30-10-8-6-4-3-5-7-9-11-30/h12-13,18,26,29-31,34,36,41-42,46H,3-11,14-17,19-25H2,1-2H3,(H,40,48)/t31-,34?,36?/m0/s1. The number of β-amino-alcohol motifs (C(OH)–C–C–N with tert-alkyl or cyclic N) is 1. The molecule has 4 heterocycles. The van der Waals surface area contributed by atoms with E-state index >= 15 is 0 Å². The average molecular weight is 710 g/mol. The number of methoxy groups -OCH3 is 1. The van der Waals surface area contributed by atoms with Gasteiger partial charge in [0.2, 0.25) is 11.8 Å². The van der Waals surface area contributed by atoms with Crippen LogP contribution < -0.4 is 20.7 Å². The summed E-state index contributed by atoms with van der Waals surface area (Å²) in [7, 11) is 1.55. The fourth-order valence-corrected chi connectivity index (χ4v) is 8.27. The van der Waals surface area contributed by atoms with Gasteiger partial charge in [-0.05, 0) is 48.9 Å². The molecule has 4 aliphatic rings. The summed E-state index contributed by atoms with van der Waals surface area (Å²) in [5.41, 5.74) is 3.68. The molecule has 13 nitrogen and oxygen atoms in total. The first kappa shape index (κ1) is 37.7. The van der Waals surface area contributed by atoms with E-state index in [4.69, 9.17) is 13.9 Å². The lowest BCUT2D eigenvalue weighted by molar-refractivity contribution is -0.140. The number of aromatic nitrogens is 1. The third kappa shape index (κ3) is 10.3. The van der Waals surface area contributed by atoms with Crippen LogP contribution in [0.5, 0.6) is 5.75 Å². The molecule has 282 valence electrons. The number of carbonyl (C=O) groups excluding carboxylic acids is 2. The van der Waals surface area contributed by atoms with E-state index in [9.17, 15) is 14.7 Å². The monoisotopic (exact) mass is 709 g/mol. The van der Waals surface area contributed by atoms with Gasteiger partial charge in [0.25, 0.3) is 0 Å². The zero-order valence-corrected chi connectivity index (χ0v) is 30.6. The fourth-order valence-electron chi connectivity index (χ4n) is 8.27. The van der Waals surface area contributed by atoms with Crippen molar-refractivity contribution in [2.75, 3.05) is 53.1 Å². The molecule has 6 rings (SSSR count). The van der Waals surface area contributed by atoms with E-state index in [1.165, 1.54) is 75.3 Å². The van der Waals surface area contributed by atoms with Crippen molar-refractivity contribution in [3.63, 3.8) is 0 Å². The van der Waals surface area contributed by atoms with Crippen LogP contribution in [0.15, 0.2) is 29.1 Å². The fraction of sp³-hybridized carbons (Fsp3) is 0.711. The Labute approximate surface area is 302 Å². The van der Waals surface area contributed by atoms with Crippen molar-refractivity contribution in [3.05, 3.63) is 47.2 Å². The lowest BCUT2D eigenvalue weighted by Gasteiger charge is -2.49. The SMILES string of the molecule is COCC(=O)N1CC(NC2CC(C(=O)NC[C@H](O)CN3CCc4c(ccc(OCc5cnco5)c4C)C3)NCN2C2CCCCCCCCC2)C1. The van der Waals surface area contributed by atoms with Gasteiger partial charge in [-0.3, -0.25) is 30.0 Å². The molecule has 3 fully saturated rings. The smallest absolute Gasteiger partial charge is 0.248 e. The number of oxazole rings is 1. The van der Waals surface area contributed by atoms with Crippen molar-refractivity contribution in [2.24, 2.45) is 0 Å². The van der Waals surface area contributed by atoms with Gasteiger partial charge in [0.05, 0.1) is 31.2 Å². The first-order valence-electron chi connectivity index (χ1n) is 19.2. The number of hydrogen-bond acceptors (Lipinski definition) is 11. The van der Waals surface area contributed by atoms with E-state index in [0.29, 0.717) is 51.1 Å². The van der Waals surface area contributed by atoms with Crippen LogP contribution in [-0.2, 0) is 33.9 Å². The lowest BCUT2D eigenvalue weighted by Crippen LogP contribution is -2.69. The molecule has 0 radical (unpaired) electrons. The van der Waals surface area contributed by atoms with Crippen LogP contribution in [0.25, 0.3) is 0 Å². The molecule has 2 aromatic rings. The number of aliphatic hydroxyl groups is 1. The number of amides is 2. The van der Waals surface area contributed by atoms with Crippen LogP contribution in [0, 0.1) is 6.92 Å². The van der Waals surface area contributed by atoms with Crippen LogP contribution in [0.2, 0.25) is 0 Å². The Balaban J connectivity index is 0.990. The summed E-state index contributed by atoms with van der Waals surface area (Å²) in [5, 5.41) is 21.4. The van der Waals surface area contributed by atoms with Gasteiger partial charge in [0.1, 0.15) is 19.0 Å². The van der Waals surface area contributed by atoms with Crippen molar-refractivity contribution >= 4 is 11.8 Å². The Bertz CT molecular complexity index is 1390.